The molecule has 3 aromatic rings. The first-order valence-electron chi connectivity index (χ1n) is 13.6. The van der Waals surface area contributed by atoms with Crippen LogP contribution in [0.25, 0.3) is 0 Å². The Morgan fingerprint density at radius 2 is 1.50 bits per heavy atom. The van der Waals surface area contributed by atoms with Crippen LogP contribution in [0.3, 0.4) is 0 Å². The van der Waals surface area contributed by atoms with E-state index in [1.54, 1.807) is 49.4 Å². The molecule has 0 saturated carbocycles. The van der Waals surface area contributed by atoms with Crippen molar-refractivity contribution in [3.8, 4) is 0 Å². The molecule has 8 heteroatoms. The Balaban J connectivity index is 1.44. The van der Waals surface area contributed by atoms with Crippen LogP contribution in [-0.4, -0.2) is 48.9 Å². The fourth-order valence-corrected chi connectivity index (χ4v) is 4.70. The lowest BCUT2D eigenvalue weighted by Gasteiger charge is -2.20. The van der Waals surface area contributed by atoms with Gasteiger partial charge in [-0.25, -0.2) is 4.79 Å². The maximum atomic E-state index is 12.8. The monoisotopic (exact) mass is 608 g/mol. The van der Waals surface area contributed by atoms with Gasteiger partial charge >= 0.3 is 11.9 Å². The SMILES string of the molecule is CCN(CC)Cc1cc(C(=O)OCCCCOC(=O)C(C)c2cccc(C(=O)c3ccccc3)c2)cc(Br)c1N. The Morgan fingerprint density at radius 3 is 2.17 bits per heavy atom. The number of nitrogen functional groups attached to an aromatic ring is 1. The lowest BCUT2D eigenvalue weighted by atomic mass is 9.96. The molecule has 7 nitrogen and oxygen atoms in total. The highest BCUT2D eigenvalue weighted by Gasteiger charge is 2.19. The van der Waals surface area contributed by atoms with Gasteiger partial charge in [0.2, 0.25) is 0 Å². The van der Waals surface area contributed by atoms with Crippen molar-refractivity contribution < 1.29 is 23.9 Å². The quantitative estimate of drug-likeness (QED) is 0.0979. The second-order valence-electron chi connectivity index (χ2n) is 9.55. The number of ether oxygens (including phenoxy) is 2. The number of hydrogen-bond donors (Lipinski definition) is 1. The standard InChI is InChI=1S/C32H37BrN2O5/c1-4-35(5-2)21-27-19-26(20-28(33)29(27)34)32(38)40-17-10-9-16-39-31(37)22(3)24-14-11-15-25(18-24)30(36)23-12-7-6-8-13-23/h6-8,11-15,18-20,22H,4-5,9-10,16-17,21,34H2,1-3H3. The number of carbonyl (C=O) groups excluding carboxylic acids is 3. The average molecular weight is 610 g/mol. The first kappa shape index (κ1) is 31.0. The van der Waals surface area contributed by atoms with E-state index in [-0.39, 0.29) is 25.0 Å². The smallest absolute Gasteiger partial charge is 0.338 e. The number of hydrogen-bond acceptors (Lipinski definition) is 7. The van der Waals surface area contributed by atoms with Gasteiger partial charge < -0.3 is 15.2 Å². The van der Waals surface area contributed by atoms with Crippen LogP contribution in [0.15, 0.2) is 71.2 Å². The molecule has 0 bridgehead atoms. The minimum absolute atomic E-state index is 0.0935. The zero-order valence-electron chi connectivity index (χ0n) is 23.3. The number of esters is 2. The number of unbranched alkanes of at least 4 members (excludes halogenated alkanes) is 1. The molecule has 0 aromatic heterocycles. The lowest BCUT2D eigenvalue weighted by Crippen LogP contribution is -2.23. The van der Waals surface area contributed by atoms with Crippen LogP contribution in [0.5, 0.6) is 0 Å². The summed E-state index contributed by atoms with van der Waals surface area (Å²) in [6, 6.07) is 19.6. The van der Waals surface area contributed by atoms with Crippen LogP contribution in [-0.2, 0) is 20.8 Å². The van der Waals surface area contributed by atoms with Crippen LogP contribution < -0.4 is 5.73 Å². The predicted molar refractivity (Wildman–Crippen MR) is 160 cm³/mol. The van der Waals surface area contributed by atoms with Gasteiger partial charge in [-0.2, -0.15) is 0 Å². The summed E-state index contributed by atoms with van der Waals surface area (Å²) in [5.41, 5.74) is 9.99. The summed E-state index contributed by atoms with van der Waals surface area (Å²) >= 11 is 3.45. The summed E-state index contributed by atoms with van der Waals surface area (Å²) in [4.78, 5) is 40.2. The molecule has 1 unspecified atom stereocenters. The van der Waals surface area contributed by atoms with Crippen molar-refractivity contribution >= 4 is 39.3 Å². The number of nitrogens with zero attached hydrogens (tertiary/aromatic N) is 1. The topological polar surface area (TPSA) is 98.9 Å². The second kappa shape index (κ2) is 15.3. The number of carbonyl (C=O) groups is 3. The van der Waals surface area contributed by atoms with Gasteiger partial charge in [-0.3, -0.25) is 14.5 Å². The molecule has 0 heterocycles. The third kappa shape index (κ3) is 8.50. The average Bonchev–Trinajstić information content (AvgIpc) is 2.98. The highest BCUT2D eigenvalue weighted by molar-refractivity contribution is 9.10. The summed E-state index contributed by atoms with van der Waals surface area (Å²) in [5, 5.41) is 0. The van der Waals surface area contributed by atoms with Gasteiger partial charge in [0.15, 0.2) is 5.78 Å². The number of nitrogens with two attached hydrogens (primary N) is 1. The number of halogens is 1. The Bertz CT molecular complexity index is 1310. The zero-order chi connectivity index (χ0) is 29.1. The van der Waals surface area contributed by atoms with E-state index < -0.39 is 11.9 Å². The molecule has 2 N–H and O–H groups in total. The van der Waals surface area contributed by atoms with Gasteiger partial charge in [0.25, 0.3) is 0 Å². The first-order valence-corrected chi connectivity index (χ1v) is 14.4. The Hall–Kier alpha value is -3.49. The summed E-state index contributed by atoms with van der Waals surface area (Å²) in [6.07, 6.45) is 1.10. The fraction of sp³-hybridized carbons (Fsp3) is 0.344. The van der Waals surface area contributed by atoms with Crippen molar-refractivity contribution in [2.24, 2.45) is 0 Å². The number of anilines is 1. The molecule has 0 aliphatic rings. The van der Waals surface area contributed by atoms with Crippen molar-refractivity contribution in [1.82, 2.24) is 4.90 Å². The molecule has 0 amide bonds. The van der Waals surface area contributed by atoms with E-state index in [9.17, 15) is 14.4 Å². The van der Waals surface area contributed by atoms with Gasteiger partial charge in [0, 0.05) is 22.1 Å². The van der Waals surface area contributed by atoms with Crippen molar-refractivity contribution in [2.45, 2.75) is 46.1 Å². The lowest BCUT2D eigenvalue weighted by molar-refractivity contribution is -0.145. The second-order valence-corrected chi connectivity index (χ2v) is 10.4. The summed E-state index contributed by atoms with van der Waals surface area (Å²) in [5.74, 6) is -1.40. The van der Waals surface area contributed by atoms with Crippen molar-refractivity contribution in [3.63, 3.8) is 0 Å². The van der Waals surface area contributed by atoms with E-state index in [2.05, 4.69) is 34.7 Å². The predicted octanol–water partition coefficient (Wildman–Crippen LogP) is 6.39. The normalized spacial score (nSPS) is 11.7. The van der Waals surface area contributed by atoms with Crippen LogP contribution >= 0.6 is 15.9 Å². The molecule has 212 valence electrons. The van der Waals surface area contributed by atoms with E-state index in [0.29, 0.717) is 46.2 Å². The van der Waals surface area contributed by atoms with Crippen molar-refractivity contribution in [1.29, 1.82) is 0 Å². The molecule has 0 spiro atoms. The summed E-state index contributed by atoms with van der Waals surface area (Å²) in [7, 11) is 0. The Morgan fingerprint density at radius 1 is 0.850 bits per heavy atom. The molecule has 1 atom stereocenters. The summed E-state index contributed by atoms with van der Waals surface area (Å²) < 4.78 is 11.6. The van der Waals surface area contributed by atoms with Crippen molar-refractivity contribution in [2.75, 3.05) is 32.0 Å². The molecular formula is C32H37BrN2O5. The molecular weight excluding hydrogens is 572 g/mol. The third-order valence-electron chi connectivity index (χ3n) is 6.79. The van der Waals surface area contributed by atoms with E-state index in [1.807, 2.05) is 24.3 Å². The molecule has 40 heavy (non-hydrogen) atoms. The minimum Gasteiger partial charge on any atom is -0.465 e. The molecule has 0 saturated heterocycles. The number of rotatable bonds is 14. The molecule has 0 aliphatic heterocycles. The highest BCUT2D eigenvalue weighted by Crippen LogP contribution is 2.27. The third-order valence-corrected chi connectivity index (χ3v) is 7.45. The molecule has 3 aromatic carbocycles. The van der Waals surface area contributed by atoms with Gasteiger partial charge in [-0.1, -0.05) is 62.4 Å². The highest BCUT2D eigenvalue weighted by atomic mass is 79.9. The zero-order valence-corrected chi connectivity index (χ0v) is 24.9. The first-order chi connectivity index (χ1) is 19.2. The van der Waals surface area contributed by atoms with E-state index in [0.717, 1.165) is 24.2 Å². The Labute approximate surface area is 244 Å². The maximum Gasteiger partial charge on any atom is 0.338 e. The minimum atomic E-state index is -0.518. The maximum absolute atomic E-state index is 12.8. The van der Waals surface area contributed by atoms with Crippen LogP contribution in [0, 0.1) is 0 Å². The number of ketones is 1. The summed E-state index contributed by atoms with van der Waals surface area (Å²) in [6.45, 7) is 8.76. The van der Waals surface area contributed by atoms with Crippen LogP contribution in [0.2, 0.25) is 0 Å². The molecule has 0 aliphatic carbocycles. The van der Waals surface area contributed by atoms with Crippen molar-refractivity contribution in [3.05, 3.63) is 99.0 Å². The molecule has 0 radical (unpaired) electrons. The van der Waals surface area contributed by atoms with Gasteiger partial charge in [0.05, 0.1) is 30.4 Å². The van der Waals surface area contributed by atoms with E-state index in [4.69, 9.17) is 15.2 Å². The van der Waals surface area contributed by atoms with Gasteiger partial charge in [0.1, 0.15) is 0 Å². The van der Waals surface area contributed by atoms with Crippen LogP contribution in [0.4, 0.5) is 5.69 Å². The Kier molecular flexibility index (Phi) is 11.9. The molecule has 3 rings (SSSR count). The van der Waals surface area contributed by atoms with Gasteiger partial charge in [-0.15, -0.1) is 0 Å². The van der Waals surface area contributed by atoms with Crippen LogP contribution in [0.1, 0.15) is 76.9 Å². The molecule has 0 fully saturated rings. The van der Waals surface area contributed by atoms with E-state index in [1.165, 1.54) is 0 Å². The number of benzene rings is 3. The largest absolute Gasteiger partial charge is 0.465 e. The van der Waals surface area contributed by atoms with Gasteiger partial charge in [-0.05, 0) is 78.1 Å². The van der Waals surface area contributed by atoms with E-state index >= 15 is 0 Å². The fourth-order valence-electron chi connectivity index (χ4n) is 4.20.